The number of piperazine rings is 1. The number of amides is 1. The summed E-state index contributed by atoms with van der Waals surface area (Å²) in [6, 6.07) is 8.16. The molecule has 3 rings (SSSR count). The van der Waals surface area contributed by atoms with Gasteiger partial charge in [0.15, 0.2) is 5.76 Å². The zero-order chi connectivity index (χ0) is 19.6. The molecule has 2 aromatic rings. The predicted octanol–water partition coefficient (Wildman–Crippen LogP) is 2.07. The van der Waals surface area contributed by atoms with Crippen LogP contribution in [0.25, 0.3) is 0 Å². The summed E-state index contributed by atoms with van der Waals surface area (Å²) >= 11 is 0. The van der Waals surface area contributed by atoms with E-state index in [0.717, 1.165) is 5.56 Å². The van der Waals surface area contributed by atoms with E-state index in [1.54, 1.807) is 18.7 Å². The Morgan fingerprint density at radius 2 is 1.70 bits per heavy atom. The monoisotopic (exact) mass is 391 g/mol. The van der Waals surface area contributed by atoms with Gasteiger partial charge in [-0.05, 0) is 32.8 Å². The van der Waals surface area contributed by atoms with Crippen LogP contribution >= 0.6 is 0 Å². The van der Waals surface area contributed by atoms with Crippen LogP contribution in [-0.2, 0) is 21.2 Å². The van der Waals surface area contributed by atoms with E-state index in [4.69, 9.17) is 4.52 Å². The fraction of sp³-hybridized carbons (Fsp3) is 0.474. The molecule has 7 nitrogen and oxygen atoms in total. The van der Waals surface area contributed by atoms with E-state index >= 15 is 0 Å². The fourth-order valence-electron chi connectivity index (χ4n) is 3.31. The van der Waals surface area contributed by atoms with Crippen LogP contribution in [0.3, 0.4) is 0 Å². The molecule has 27 heavy (non-hydrogen) atoms. The minimum Gasteiger partial charge on any atom is -0.360 e. The first-order valence-corrected chi connectivity index (χ1v) is 10.5. The van der Waals surface area contributed by atoms with Crippen LogP contribution in [-0.4, -0.2) is 54.9 Å². The van der Waals surface area contributed by atoms with E-state index in [1.807, 2.05) is 31.2 Å². The Morgan fingerprint density at radius 3 is 2.26 bits per heavy atom. The molecule has 1 fully saturated rings. The Bertz CT molecular complexity index is 891. The lowest BCUT2D eigenvalue weighted by Crippen LogP contribution is -2.50. The maximum Gasteiger partial charge on any atom is 0.248 e. The summed E-state index contributed by atoms with van der Waals surface area (Å²) in [4.78, 5) is 14.3. The molecular formula is C19H25N3O4S. The molecule has 1 aliphatic heterocycles. The molecule has 1 aromatic heterocycles. The van der Waals surface area contributed by atoms with Gasteiger partial charge in [-0.2, -0.15) is 4.31 Å². The Kier molecular flexibility index (Phi) is 5.67. The molecule has 1 saturated heterocycles. The average molecular weight is 391 g/mol. The number of aryl methyl sites for hydroxylation is 4. The number of hydrogen-bond acceptors (Lipinski definition) is 5. The molecule has 0 bridgehead atoms. The minimum atomic E-state index is -3.65. The molecule has 0 N–H and O–H groups in total. The summed E-state index contributed by atoms with van der Waals surface area (Å²) in [6.45, 7) is 6.60. The van der Waals surface area contributed by atoms with E-state index in [2.05, 4.69) is 5.16 Å². The van der Waals surface area contributed by atoms with Crippen LogP contribution in [0.2, 0.25) is 0 Å². The van der Waals surface area contributed by atoms with Crippen LogP contribution < -0.4 is 0 Å². The topological polar surface area (TPSA) is 83.7 Å². The van der Waals surface area contributed by atoms with Gasteiger partial charge in [-0.15, -0.1) is 0 Å². The molecule has 1 aromatic carbocycles. The minimum absolute atomic E-state index is 0.0601. The Labute approximate surface area is 160 Å². The normalized spacial score (nSPS) is 15.9. The van der Waals surface area contributed by atoms with Crippen molar-refractivity contribution in [2.75, 3.05) is 26.2 Å². The van der Waals surface area contributed by atoms with Gasteiger partial charge in [-0.1, -0.05) is 35.0 Å². The second-order valence-electron chi connectivity index (χ2n) is 6.92. The highest BCUT2D eigenvalue weighted by molar-refractivity contribution is 7.89. The van der Waals surface area contributed by atoms with Crippen molar-refractivity contribution in [3.63, 3.8) is 0 Å². The highest BCUT2D eigenvalue weighted by Gasteiger charge is 2.34. The van der Waals surface area contributed by atoms with E-state index in [0.29, 0.717) is 37.4 Å². The van der Waals surface area contributed by atoms with Crippen LogP contribution in [0.1, 0.15) is 29.0 Å². The number of hydrogen-bond donors (Lipinski definition) is 0. The van der Waals surface area contributed by atoms with Gasteiger partial charge in [0.05, 0.1) is 0 Å². The number of carbonyl (C=O) groups excluding carboxylic acids is 1. The zero-order valence-corrected chi connectivity index (χ0v) is 16.8. The third kappa shape index (κ3) is 4.22. The lowest BCUT2D eigenvalue weighted by atomic mass is 10.1. The van der Waals surface area contributed by atoms with E-state index < -0.39 is 10.0 Å². The van der Waals surface area contributed by atoms with Crippen LogP contribution in [0.5, 0.6) is 0 Å². The van der Waals surface area contributed by atoms with Crippen molar-refractivity contribution in [1.82, 2.24) is 14.4 Å². The largest absolute Gasteiger partial charge is 0.360 e. The van der Waals surface area contributed by atoms with Gasteiger partial charge in [0.2, 0.25) is 15.9 Å². The Balaban J connectivity index is 1.56. The molecule has 8 heteroatoms. The van der Waals surface area contributed by atoms with E-state index in [-0.39, 0.29) is 23.9 Å². The number of benzene rings is 1. The van der Waals surface area contributed by atoms with Gasteiger partial charge < -0.3 is 9.42 Å². The van der Waals surface area contributed by atoms with Crippen LogP contribution in [0, 0.1) is 20.8 Å². The number of sulfonamides is 1. The Hall–Kier alpha value is -2.19. The summed E-state index contributed by atoms with van der Waals surface area (Å²) in [5, 5.41) is 3.73. The maximum absolute atomic E-state index is 12.8. The van der Waals surface area contributed by atoms with Gasteiger partial charge in [0.25, 0.3) is 0 Å². The van der Waals surface area contributed by atoms with Crippen LogP contribution in [0.15, 0.2) is 33.7 Å². The number of nitrogens with zero attached hydrogens (tertiary/aromatic N) is 3. The number of rotatable bonds is 5. The molecule has 0 unspecified atom stereocenters. The lowest BCUT2D eigenvalue weighted by Gasteiger charge is -2.34. The Morgan fingerprint density at radius 1 is 1.07 bits per heavy atom. The second kappa shape index (κ2) is 7.82. The molecular weight excluding hydrogens is 366 g/mol. The summed E-state index contributed by atoms with van der Waals surface area (Å²) in [5.41, 5.74) is 2.69. The summed E-state index contributed by atoms with van der Waals surface area (Å²) < 4.78 is 32.1. The van der Waals surface area contributed by atoms with Crippen LogP contribution in [0.4, 0.5) is 0 Å². The maximum atomic E-state index is 12.8. The first-order chi connectivity index (χ1) is 12.8. The number of aromatic nitrogens is 1. The number of carbonyl (C=O) groups is 1. The van der Waals surface area contributed by atoms with Crippen molar-refractivity contribution in [3.8, 4) is 0 Å². The fourth-order valence-corrected chi connectivity index (χ4v) is 5.03. The lowest BCUT2D eigenvalue weighted by molar-refractivity contribution is -0.132. The smallest absolute Gasteiger partial charge is 0.248 e. The van der Waals surface area contributed by atoms with E-state index in [9.17, 15) is 13.2 Å². The molecule has 0 radical (unpaired) electrons. The summed E-state index contributed by atoms with van der Waals surface area (Å²) in [6.07, 6.45) is 1.12. The molecule has 0 aliphatic carbocycles. The molecule has 0 atom stereocenters. The molecule has 1 aliphatic rings. The van der Waals surface area contributed by atoms with Crippen molar-refractivity contribution < 1.29 is 17.7 Å². The average Bonchev–Trinajstić information content (AvgIpc) is 3.00. The predicted molar refractivity (Wildman–Crippen MR) is 101 cm³/mol. The molecule has 1 amide bonds. The van der Waals surface area contributed by atoms with Crippen molar-refractivity contribution in [2.45, 2.75) is 38.5 Å². The second-order valence-corrected chi connectivity index (χ2v) is 8.80. The van der Waals surface area contributed by atoms with Gasteiger partial charge in [0, 0.05) is 32.6 Å². The highest BCUT2D eigenvalue weighted by atomic mass is 32.2. The standard InChI is InChI=1S/C19H25N3O4S/c1-14-4-6-17(7-5-14)8-9-18(23)21-10-12-22(13-11-21)27(24,25)19-15(2)20-26-16(19)3/h4-7H,8-13H2,1-3H3. The van der Waals surface area contributed by atoms with Gasteiger partial charge in [-0.3, -0.25) is 4.79 Å². The first-order valence-electron chi connectivity index (χ1n) is 9.05. The van der Waals surface area contributed by atoms with Gasteiger partial charge >= 0.3 is 0 Å². The van der Waals surface area contributed by atoms with Crippen molar-refractivity contribution in [2.24, 2.45) is 0 Å². The van der Waals surface area contributed by atoms with Crippen molar-refractivity contribution in [3.05, 3.63) is 46.8 Å². The molecule has 2 heterocycles. The zero-order valence-electron chi connectivity index (χ0n) is 15.9. The van der Waals surface area contributed by atoms with Crippen molar-refractivity contribution in [1.29, 1.82) is 0 Å². The van der Waals surface area contributed by atoms with E-state index in [1.165, 1.54) is 9.87 Å². The summed E-state index contributed by atoms with van der Waals surface area (Å²) in [7, 11) is -3.65. The van der Waals surface area contributed by atoms with Crippen molar-refractivity contribution >= 4 is 15.9 Å². The summed E-state index contributed by atoms with van der Waals surface area (Å²) in [5.74, 6) is 0.356. The third-order valence-electron chi connectivity index (χ3n) is 4.91. The first kappa shape index (κ1) is 19.6. The SMILES string of the molecule is Cc1ccc(CCC(=O)N2CCN(S(=O)(=O)c3c(C)noc3C)CC2)cc1. The van der Waals surface area contributed by atoms with Gasteiger partial charge in [-0.25, -0.2) is 8.42 Å². The third-order valence-corrected chi connectivity index (χ3v) is 7.05. The molecule has 146 valence electrons. The molecule has 0 spiro atoms. The molecule has 0 saturated carbocycles. The van der Waals surface area contributed by atoms with Gasteiger partial charge in [0.1, 0.15) is 10.6 Å². The quantitative estimate of drug-likeness (QED) is 0.779. The highest BCUT2D eigenvalue weighted by Crippen LogP contribution is 2.24.